The molecule has 0 aromatic rings. The van der Waals surface area contributed by atoms with Gasteiger partial charge in [0.2, 0.25) is 0 Å². The van der Waals surface area contributed by atoms with Crippen molar-refractivity contribution >= 4 is 17.8 Å². The second-order valence-electron chi connectivity index (χ2n) is 9.49. The number of amides is 4. The van der Waals surface area contributed by atoms with Gasteiger partial charge in [-0.1, -0.05) is 52.2 Å². The van der Waals surface area contributed by atoms with Crippen LogP contribution in [0.2, 0.25) is 0 Å². The predicted molar refractivity (Wildman–Crippen MR) is 101 cm³/mol. The summed E-state index contributed by atoms with van der Waals surface area (Å²) < 4.78 is 0. The third-order valence-electron chi connectivity index (χ3n) is 7.70. The number of urea groups is 1. The molecule has 27 heavy (non-hydrogen) atoms. The Kier molecular flexibility index (Phi) is 4.35. The fraction of sp³-hybridized carbons (Fsp3) is 0.762. The molecule has 4 amide bonds. The molecular formula is C21H31N3O3. The van der Waals surface area contributed by atoms with Gasteiger partial charge in [-0.3, -0.25) is 9.59 Å². The van der Waals surface area contributed by atoms with E-state index in [1.807, 2.05) is 0 Å². The summed E-state index contributed by atoms with van der Waals surface area (Å²) in [6.45, 7) is 6.32. The number of hydrogen-bond acceptors (Lipinski definition) is 3. The normalized spacial score (nSPS) is 38.4. The number of carbonyl (C=O) groups excluding carboxylic acids is 3. The molecule has 5 rings (SSSR count). The lowest BCUT2D eigenvalue weighted by atomic mass is 9.46. The molecule has 6 nitrogen and oxygen atoms in total. The summed E-state index contributed by atoms with van der Waals surface area (Å²) >= 11 is 0. The zero-order chi connectivity index (χ0) is 19.4. The molecule has 4 atom stereocenters. The van der Waals surface area contributed by atoms with Crippen LogP contribution in [0.3, 0.4) is 0 Å². The fourth-order valence-electron chi connectivity index (χ4n) is 5.91. The average Bonchev–Trinajstić information content (AvgIpc) is 2.90. The lowest BCUT2D eigenvalue weighted by Crippen LogP contribution is -2.53. The average molecular weight is 373 g/mol. The molecule has 0 aromatic carbocycles. The van der Waals surface area contributed by atoms with Crippen LogP contribution in [0.5, 0.6) is 0 Å². The molecule has 2 saturated carbocycles. The van der Waals surface area contributed by atoms with E-state index >= 15 is 0 Å². The largest absolute Gasteiger partial charge is 0.334 e. The zero-order valence-electron chi connectivity index (χ0n) is 16.6. The number of nitrogens with one attached hydrogen (secondary N) is 2. The van der Waals surface area contributed by atoms with Crippen molar-refractivity contribution in [2.24, 2.45) is 28.6 Å². The molecule has 0 unspecified atom stereocenters. The number of carbonyl (C=O) groups is 3. The Bertz CT molecular complexity index is 697. The first-order chi connectivity index (χ1) is 12.8. The maximum absolute atomic E-state index is 13.2. The van der Waals surface area contributed by atoms with Crippen molar-refractivity contribution in [1.82, 2.24) is 15.8 Å². The maximum Gasteiger partial charge on any atom is 0.334 e. The van der Waals surface area contributed by atoms with E-state index in [2.05, 4.69) is 43.7 Å². The van der Waals surface area contributed by atoms with Crippen LogP contribution in [0.25, 0.3) is 0 Å². The number of imide groups is 1. The van der Waals surface area contributed by atoms with Crippen molar-refractivity contribution < 1.29 is 14.4 Å². The van der Waals surface area contributed by atoms with Gasteiger partial charge in [-0.15, -0.1) is 0 Å². The van der Waals surface area contributed by atoms with Crippen LogP contribution in [0.15, 0.2) is 12.2 Å². The Balaban J connectivity index is 1.54. The van der Waals surface area contributed by atoms with Crippen molar-refractivity contribution in [3.05, 3.63) is 12.2 Å². The van der Waals surface area contributed by atoms with Crippen LogP contribution in [0.4, 0.5) is 4.79 Å². The smallest absolute Gasteiger partial charge is 0.334 e. The van der Waals surface area contributed by atoms with Gasteiger partial charge in [0.15, 0.2) is 0 Å². The van der Waals surface area contributed by atoms with Crippen LogP contribution in [0, 0.1) is 28.6 Å². The Morgan fingerprint density at radius 2 is 1.74 bits per heavy atom. The van der Waals surface area contributed by atoms with Gasteiger partial charge < -0.3 is 5.32 Å². The second kappa shape index (κ2) is 6.35. The highest BCUT2D eigenvalue weighted by atomic mass is 16.2. The number of fused-ring (bicyclic) bond motifs is 1. The van der Waals surface area contributed by atoms with Gasteiger partial charge in [-0.25, -0.2) is 10.2 Å². The first-order valence-corrected chi connectivity index (χ1v) is 10.4. The van der Waals surface area contributed by atoms with Crippen molar-refractivity contribution in [3.63, 3.8) is 0 Å². The summed E-state index contributed by atoms with van der Waals surface area (Å²) in [6, 6.07) is -0.308. The summed E-state index contributed by atoms with van der Waals surface area (Å²) in [7, 11) is 0. The number of hydrazine groups is 1. The molecule has 0 radical (unpaired) electrons. The lowest BCUT2D eigenvalue weighted by Gasteiger charge is -2.55. The van der Waals surface area contributed by atoms with Gasteiger partial charge in [0.25, 0.3) is 11.8 Å². The van der Waals surface area contributed by atoms with E-state index in [0.717, 1.165) is 43.5 Å². The van der Waals surface area contributed by atoms with Gasteiger partial charge in [0, 0.05) is 11.5 Å². The van der Waals surface area contributed by atoms with Gasteiger partial charge in [0.1, 0.15) is 0 Å². The molecule has 3 fully saturated rings. The molecule has 1 aliphatic heterocycles. The third kappa shape index (κ3) is 2.71. The monoisotopic (exact) mass is 373 g/mol. The van der Waals surface area contributed by atoms with Crippen LogP contribution in [0.1, 0.15) is 65.7 Å². The summed E-state index contributed by atoms with van der Waals surface area (Å²) in [5.41, 5.74) is 1.99. The summed E-state index contributed by atoms with van der Waals surface area (Å²) in [6.07, 6.45) is 11.5. The molecule has 0 aromatic heterocycles. The number of allylic oxidation sites excluding steroid dienone is 2. The SMILES string of the molecule is CC(C)[C@]12C=C[C@](C)(CC1)[C@H]1C(=O)N(NC(=O)NC3CCCCC3)C(=O)[C@H]12. The van der Waals surface area contributed by atoms with Gasteiger partial charge >= 0.3 is 6.03 Å². The topological polar surface area (TPSA) is 78.5 Å². The summed E-state index contributed by atoms with van der Waals surface area (Å²) in [4.78, 5) is 38.9. The van der Waals surface area contributed by atoms with Gasteiger partial charge in [-0.05, 0) is 37.0 Å². The summed E-state index contributed by atoms with van der Waals surface area (Å²) in [5.74, 6) is -0.975. The van der Waals surface area contributed by atoms with Gasteiger partial charge in [-0.2, -0.15) is 5.01 Å². The van der Waals surface area contributed by atoms with E-state index in [9.17, 15) is 14.4 Å². The van der Waals surface area contributed by atoms with Crippen molar-refractivity contribution in [2.75, 3.05) is 0 Å². The molecule has 0 spiro atoms. The Hall–Kier alpha value is -1.85. The van der Waals surface area contributed by atoms with E-state index in [0.29, 0.717) is 0 Å². The van der Waals surface area contributed by atoms with E-state index < -0.39 is 6.03 Å². The minimum Gasteiger partial charge on any atom is -0.334 e. The quantitative estimate of drug-likeness (QED) is 0.589. The van der Waals surface area contributed by atoms with Crippen LogP contribution in [-0.4, -0.2) is 28.9 Å². The molecular weight excluding hydrogens is 342 g/mol. The molecule has 5 aliphatic rings. The van der Waals surface area contributed by atoms with Crippen LogP contribution in [-0.2, 0) is 9.59 Å². The van der Waals surface area contributed by atoms with Crippen LogP contribution >= 0.6 is 0 Å². The standard InChI is InChI=1S/C21H31N3O3/c1-13(2)21-11-9-20(3,10-12-21)15-16(21)18(26)24(17(15)25)23-19(27)22-14-7-5-4-6-8-14/h9,11,13-16H,4-8,10,12H2,1-3H3,(H2,22,23,27)/t15-,16+,20-,21+/m1/s1. The Morgan fingerprint density at radius 1 is 1.07 bits per heavy atom. The highest BCUT2D eigenvalue weighted by Crippen LogP contribution is 2.63. The molecule has 4 aliphatic carbocycles. The van der Waals surface area contributed by atoms with Crippen molar-refractivity contribution in [3.8, 4) is 0 Å². The Labute approximate surface area is 161 Å². The van der Waals surface area contributed by atoms with Crippen molar-refractivity contribution in [1.29, 1.82) is 0 Å². The van der Waals surface area contributed by atoms with Gasteiger partial charge in [0.05, 0.1) is 11.8 Å². The van der Waals surface area contributed by atoms with Crippen molar-refractivity contribution in [2.45, 2.75) is 71.8 Å². The maximum atomic E-state index is 13.2. The predicted octanol–water partition coefficient (Wildman–Crippen LogP) is 3.15. The van der Waals surface area contributed by atoms with E-state index in [-0.39, 0.29) is 46.4 Å². The lowest BCUT2D eigenvalue weighted by molar-refractivity contribution is -0.143. The Morgan fingerprint density at radius 3 is 2.33 bits per heavy atom. The molecule has 148 valence electrons. The van der Waals surface area contributed by atoms with Crippen LogP contribution < -0.4 is 10.7 Å². The molecule has 1 heterocycles. The highest BCUT2D eigenvalue weighted by molar-refractivity contribution is 6.07. The van der Waals surface area contributed by atoms with E-state index in [4.69, 9.17) is 0 Å². The molecule has 2 bridgehead atoms. The third-order valence-corrected chi connectivity index (χ3v) is 7.70. The molecule has 2 N–H and O–H groups in total. The first-order valence-electron chi connectivity index (χ1n) is 10.4. The fourth-order valence-corrected chi connectivity index (χ4v) is 5.91. The minimum atomic E-state index is -0.439. The molecule has 1 saturated heterocycles. The number of nitrogens with zero attached hydrogens (tertiary/aromatic N) is 1. The number of hydrogen-bond donors (Lipinski definition) is 2. The first kappa shape index (κ1) is 18.5. The number of rotatable bonds is 3. The molecule has 6 heteroatoms. The van der Waals surface area contributed by atoms with E-state index in [1.54, 1.807) is 0 Å². The second-order valence-corrected chi connectivity index (χ2v) is 9.49. The van der Waals surface area contributed by atoms with E-state index in [1.165, 1.54) is 6.42 Å². The minimum absolute atomic E-state index is 0.131. The highest BCUT2D eigenvalue weighted by Gasteiger charge is 2.67. The zero-order valence-corrected chi connectivity index (χ0v) is 16.6. The summed E-state index contributed by atoms with van der Waals surface area (Å²) in [5, 5.41) is 3.95.